The molecule has 0 aliphatic carbocycles. The molecule has 4 heteroatoms. The van der Waals surface area contributed by atoms with Gasteiger partial charge in [-0.25, -0.2) is 4.98 Å². The molecule has 0 N–H and O–H groups in total. The van der Waals surface area contributed by atoms with Crippen molar-refractivity contribution in [1.82, 2.24) is 4.98 Å². The summed E-state index contributed by atoms with van der Waals surface area (Å²) in [6.45, 7) is 0.482. The normalized spacial score (nSPS) is 10.1. The van der Waals surface area contributed by atoms with E-state index in [-0.39, 0.29) is 0 Å². The van der Waals surface area contributed by atoms with E-state index >= 15 is 0 Å². The molecule has 0 aliphatic rings. The van der Waals surface area contributed by atoms with Crippen LogP contribution in [0.4, 0.5) is 0 Å². The molecule has 2 rings (SSSR count). The van der Waals surface area contributed by atoms with E-state index in [1.165, 1.54) is 11.3 Å². The summed E-state index contributed by atoms with van der Waals surface area (Å²) in [5.41, 5.74) is 0. The van der Waals surface area contributed by atoms with Gasteiger partial charge in [-0.15, -0.1) is 11.3 Å². The van der Waals surface area contributed by atoms with Crippen LogP contribution >= 0.6 is 22.9 Å². The molecule has 0 atom stereocenters. The van der Waals surface area contributed by atoms with Crippen molar-refractivity contribution in [1.29, 1.82) is 0 Å². The van der Waals surface area contributed by atoms with Gasteiger partial charge in [0.15, 0.2) is 0 Å². The lowest BCUT2D eigenvalue weighted by molar-refractivity contribution is 0.305. The molecule has 0 unspecified atom stereocenters. The maximum Gasteiger partial charge on any atom is 0.140 e. The summed E-state index contributed by atoms with van der Waals surface area (Å²) in [5, 5.41) is 3.43. The SMILES string of the molecule is Clc1ccc(OCc2n[c]cs2)cc1. The van der Waals surface area contributed by atoms with Crippen molar-refractivity contribution in [3.05, 3.63) is 45.9 Å². The van der Waals surface area contributed by atoms with E-state index in [0.29, 0.717) is 11.6 Å². The van der Waals surface area contributed by atoms with Gasteiger partial charge in [0.1, 0.15) is 23.6 Å². The lowest BCUT2D eigenvalue weighted by atomic mass is 10.3. The molecule has 2 nitrogen and oxygen atoms in total. The van der Waals surface area contributed by atoms with Crippen LogP contribution in [0.2, 0.25) is 5.02 Å². The van der Waals surface area contributed by atoms with Crippen LogP contribution in [-0.2, 0) is 6.61 Å². The number of hydrogen-bond acceptors (Lipinski definition) is 3. The van der Waals surface area contributed by atoms with Crippen LogP contribution in [0.3, 0.4) is 0 Å². The average molecular weight is 225 g/mol. The quantitative estimate of drug-likeness (QED) is 0.799. The molecular weight excluding hydrogens is 218 g/mol. The van der Waals surface area contributed by atoms with Crippen molar-refractivity contribution < 1.29 is 4.74 Å². The Labute approximate surface area is 91.1 Å². The van der Waals surface area contributed by atoms with Gasteiger partial charge in [0, 0.05) is 10.4 Å². The Bertz CT molecular complexity index is 385. The van der Waals surface area contributed by atoms with E-state index < -0.39 is 0 Å². The number of nitrogens with zero attached hydrogens (tertiary/aromatic N) is 1. The monoisotopic (exact) mass is 224 g/mol. The molecule has 0 spiro atoms. The fraction of sp³-hybridized carbons (Fsp3) is 0.100. The number of rotatable bonds is 3. The van der Waals surface area contributed by atoms with Gasteiger partial charge in [0.2, 0.25) is 0 Å². The van der Waals surface area contributed by atoms with Crippen LogP contribution in [0.25, 0.3) is 0 Å². The maximum atomic E-state index is 5.74. The van der Waals surface area contributed by atoms with Crippen molar-refractivity contribution in [2.45, 2.75) is 6.61 Å². The van der Waals surface area contributed by atoms with E-state index in [2.05, 4.69) is 11.2 Å². The molecule has 0 amide bonds. The van der Waals surface area contributed by atoms with Gasteiger partial charge in [-0.05, 0) is 24.3 Å². The number of ether oxygens (including phenoxy) is 1. The number of halogens is 1. The summed E-state index contributed by atoms with van der Waals surface area (Å²) >= 11 is 7.27. The Balaban J connectivity index is 1.95. The first-order chi connectivity index (χ1) is 6.84. The Kier molecular flexibility index (Phi) is 3.01. The van der Waals surface area contributed by atoms with E-state index in [4.69, 9.17) is 16.3 Å². The van der Waals surface area contributed by atoms with Crippen molar-refractivity contribution in [3.63, 3.8) is 0 Å². The zero-order valence-electron chi connectivity index (χ0n) is 7.24. The smallest absolute Gasteiger partial charge is 0.140 e. The fourth-order valence-electron chi connectivity index (χ4n) is 0.961. The van der Waals surface area contributed by atoms with E-state index in [0.717, 1.165) is 10.8 Å². The molecule has 0 fully saturated rings. The minimum atomic E-state index is 0.482. The van der Waals surface area contributed by atoms with Crippen molar-refractivity contribution >= 4 is 22.9 Å². The van der Waals surface area contributed by atoms with Gasteiger partial charge < -0.3 is 4.74 Å². The summed E-state index contributed by atoms with van der Waals surface area (Å²) in [5.74, 6) is 0.796. The third-order valence-electron chi connectivity index (χ3n) is 1.61. The second-order valence-electron chi connectivity index (χ2n) is 2.61. The molecular formula is C10H7ClNOS. The highest BCUT2D eigenvalue weighted by atomic mass is 35.5. The summed E-state index contributed by atoms with van der Waals surface area (Å²) in [4.78, 5) is 3.99. The van der Waals surface area contributed by atoms with E-state index in [1.807, 2.05) is 12.1 Å². The fourth-order valence-corrected chi connectivity index (χ4v) is 1.56. The molecule has 1 radical (unpaired) electrons. The number of aromatic nitrogens is 1. The zero-order chi connectivity index (χ0) is 9.80. The standard InChI is InChI=1S/C10H7ClNOS/c11-8-1-3-9(4-2-8)13-7-10-12-5-6-14-10/h1-4,6H,7H2. The Morgan fingerprint density at radius 1 is 1.36 bits per heavy atom. The lowest BCUT2D eigenvalue weighted by Gasteiger charge is -2.02. The summed E-state index contributed by atoms with van der Waals surface area (Å²) in [6, 6.07) is 7.26. The van der Waals surface area contributed by atoms with Gasteiger partial charge in [-0.1, -0.05) is 11.6 Å². The molecule has 1 heterocycles. The molecule has 2 aromatic rings. The van der Waals surface area contributed by atoms with Gasteiger partial charge in [0.25, 0.3) is 0 Å². The Morgan fingerprint density at radius 2 is 2.14 bits per heavy atom. The summed E-state index contributed by atoms with van der Waals surface area (Å²) in [6.07, 6.45) is 2.74. The highest BCUT2D eigenvalue weighted by molar-refractivity contribution is 7.09. The molecule has 0 bridgehead atoms. The van der Waals surface area contributed by atoms with Crippen LogP contribution < -0.4 is 4.74 Å². The van der Waals surface area contributed by atoms with Gasteiger partial charge in [0.05, 0.1) is 0 Å². The topological polar surface area (TPSA) is 22.1 Å². The van der Waals surface area contributed by atoms with Gasteiger partial charge in [-0.2, -0.15) is 0 Å². The van der Waals surface area contributed by atoms with Crippen LogP contribution in [0.5, 0.6) is 5.75 Å². The first kappa shape index (κ1) is 9.49. The summed E-state index contributed by atoms with van der Waals surface area (Å²) in [7, 11) is 0. The first-order valence-corrected chi connectivity index (χ1v) is 5.29. The molecule has 0 saturated heterocycles. The first-order valence-electron chi connectivity index (χ1n) is 4.03. The molecule has 14 heavy (non-hydrogen) atoms. The zero-order valence-corrected chi connectivity index (χ0v) is 8.81. The predicted molar refractivity (Wildman–Crippen MR) is 56.7 cm³/mol. The lowest BCUT2D eigenvalue weighted by Crippen LogP contribution is -1.93. The van der Waals surface area contributed by atoms with Crippen molar-refractivity contribution in [2.24, 2.45) is 0 Å². The predicted octanol–water partition coefficient (Wildman–Crippen LogP) is 3.18. The summed E-state index contributed by atoms with van der Waals surface area (Å²) < 4.78 is 5.47. The highest BCUT2D eigenvalue weighted by Gasteiger charge is 1.97. The average Bonchev–Trinajstić information content (AvgIpc) is 2.70. The van der Waals surface area contributed by atoms with Crippen LogP contribution in [0.1, 0.15) is 5.01 Å². The third kappa shape index (κ3) is 2.47. The maximum absolute atomic E-state index is 5.74. The second-order valence-corrected chi connectivity index (χ2v) is 3.99. The number of thiazole rings is 1. The minimum Gasteiger partial charge on any atom is -0.486 e. The Morgan fingerprint density at radius 3 is 2.79 bits per heavy atom. The minimum absolute atomic E-state index is 0.482. The molecule has 71 valence electrons. The Hall–Kier alpha value is -1.06. The molecule has 0 saturated carbocycles. The molecule has 1 aromatic heterocycles. The van der Waals surface area contributed by atoms with E-state index in [1.54, 1.807) is 17.5 Å². The van der Waals surface area contributed by atoms with Crippen molar-refractivity contribution in [2.75, 3.05) is 0 Å². The van der Waals surface area contributed by atoms with Crippen LogP contribution in [0, 0.1) is 6.20 Å². The third-order valence-corrected chi connectivity index (χ3v) is 2.57. The second kappa shape index (κ2) is 4.44. The number of benzene rings is 1. The van der Waals surface area contributed by atoms with Crippen LogP contribution in [-0.4, -0.2) is 4.98 Å². The molecule has 0 aliphatic heterocycles. The van der Waals surface area contributed by atoms with E-state index in [9.17, 15) is 0 Å². The van der Waals surface area contributed by atoms with Gasteiger partial charge in [-0.3, -0.25) is 0 Å². The van der Waals surface area contributed by atoms with Crippen molar-refractivity contribution in [3.8, 4) is 5.75 Å². The van der Waals surface area contributed by atoms with Crippen LogP contribution in [0.15, 0.2) is 29.6 Å². The number of hydrogen-bond donors (Lipinski definition) is 0. The largest absolute Gasteiger partial charge is 0.486 e. The molecule has 1 aromatic carbocycles. The highest BCUT2D eigenvalue weighted by Crippen LogP contribution is 2.17. The van der Waals surface area contributed by atoms with Gasteiger partial charge >= 0.3 is 0 Å².